The minimum Gasteiger partial charge on any atom is -0.365 e. The lowest BCUT2D eigenvalue weighted by Crippen LogP contribution is -2.38. The summed E-state index contributed by atoms with van der Waals surface area (Å²) in [6.45, 7) is 3.75. The van der Waals surface area contributed by atoms with Crippen LogP contribution >= 0.6 is 0 Å². The predicted octanol–water partition coefficient (Wildman–Crippen LogP) is 0.998. The zero-order valence-corrected chi connectivity index (χ0v) is 14.5. The molecule has 0 N–H and O–H groups in total. The molecule has 0 fully saturated rings. The third kappa shape index (κ3) is 3.60. The van der Waals surface area contributed by atoms with Gasteiger partial charge in [-0.15, -0.1) is 0 Å². The van der Waals surface area contributed by atoms with Crippen LogP contribution in [0.4, 0.5) is 10.3 Å². The molecule has 2 aromatic rings. The molecule has 1 amide bonds. The Kier molecular flexibility index (Phi) is 4.93. The Labute approximate surface area is 145 Å². The number of likely N-dealkylation sites (N-methyl/N-ethyl adjacent to an activating group) is 1. The first-order valence-electron chi connectivity index (χ1n) is 8.03. The standard InChI is InChI=1S/C16H21FN6O2/c1-11-15-18-8-13(9-25-10-14(24)21(2)3)23(15)5-4-22(11)16-19-6-12(17)7-20-16/h6-8,11H,4-5,9-10H2,1-3H3/t11-/m1/s1. The van der Waals surface area contributed by atoms with Gasteiger partial charge in [0.05, 0.1) is 36.9 Å². The first-order valence-corrected chi connectivity index (χ1v) is 8.03. The average molecular weight is 348 g/mol. The van der Waals surface area contributed by atoms with Crippen molar-refractivity contribution in [2.24, 2.45) is 0 Å². The topological polar surface area (TPSA) is 76.4 Å². The molecule has 0 radical (unpaired) electrons. The smallest absolute Gasteiger partial charge is 0.248 e. The van der Waals surface area contributed by atoms with Gasteiger partial charge in [0.1, 0.15) is 12.4 Å². The predicted molar refractivity (Wildman–Crippen MR) is 88.3 cm³/mol. The van der Waals surface area contributed by atoms with Gasteiger partial charge >= 0.3 is 0 Å². The number of carbonyl (C=O) groups is 1. The maximum absolute atomic E-state index is 13.0. The molecule has 0 bridgehead atoms. The minimum absolute atomic E-state index is 0.0403. The SMILES string of the molecule is C[C@@H]1c2ncc(COCC(=O)N(C)C)n2CCN1c1ncc(F)cn1. The Balaban J connectivity index is 1.69. The van der Waals surface area contributed by atoms with Crippen LogP contribution in [0.15, 0.2) is 18.6 Å². The number of hydrogen-bond acceptors (Lipinski definition) is 6. The van der Waals surface area contributed by atoms with E-state index in [1.54, 1.807) is 20.3 Å². The molecule has 0 unspecified atom stereocenters. The second kappa shape index (κ2) is 7.14. The number of fused-ring (bicyclic) bond motifs is 1. The van der Waals surface area contributed by atoms with E-state index < -0.39 is 5.82 Å². The van der Waals surface area contributed by atoms with E-state index >= 15 is 0 Å². The molecule has 1 aliphatic rings. The third-order valence-corrected chi connectivity index (χ3v) is 4.21. The maximum atomic E-state index is 13.0. The summed E-state index contributed by atoms with van der Waals surface area (Å²) in [5.41, 5.74) is 0.924. The number of hydrogen-bond donors (Lipinski definition) is 0. The second-order valence-electron chi connectivity index (χ2n) is 6.11. The fourth-order valence-corrected chi connectivity index (χ4v) is 2.77. The summed E-state index contributed by atoms with van der Waals surface area (Å²) >= 11 is 0. The molecule has 3 heterocycles. The van der Waals surface area contributed by atoms with Crippen LogP contribution in [-0.2, 0) is 22.7 Å². The molecule has 9 heteroatoms. The first kappa shape index (κ1) is 17.3. The number of imidazole rings is 1. The van der Waals surface area contributed by atoms with Gasteiger partial charge in [-0.3, -0.25) is 4.79 Å². The third-order valence-electron chi connectivity index (χ3n) is 4.21. The number of amides is 1. The molecular weight excluding hydrogens is 327 g/mol. The Morgan fingerprint density at radius 1 is 1.28 bits per heavy atom. The van der Waals surface area contributed by atoms with Crippen molar-refractivity contribution in [1.82, 2.24) is 24.4 Å². The number of aromatic nitrogens is 4. The Bertz CT molecular complexity index is 746. The highest BCUT2D eigenvalue weighted by Gasteiger charge is 2.28. The van der Waals surface area contributed by atoms with Gasteiger partial charge in [-0.1, -0.05) is 0 Å². The van der Waals surface area contributed by atoms with Gasteiger partial charge in [0.25, 0.3) is 0 Å². The fraction of sp³-hybridized carbons (Fsp3) is 0.500. The van der Waals surface area contributed by atoms with Crippen LogP contribution in [0.25, 0.3) is 0 Å². The highest BCUT2D eigenvalue weighted by atomic mass is 19.1. The largest absolute Gasteiger partial charge is 0.365 e. The van der Waals surface area contributed by atoms with Crippen molar-refractivity contribution in [1.29, 1.82) is 0 Å². The van der Waals surface area contributed by atoms with Crippen molar-refractivity contribution in [3.8, 4) is 0 Å². The lowest BCUT2D eigenvalue weighted by Gasteiger charge is -2.34. The Hall–Kier alpha value is -2.55. The molecular formula is C16H21FN6O2. The van der Waals surface area contributed by atoms with Crippen molar-refractivity contribution < 1.29 is 13.9 Å². The van der Waals surface area contributed by atoms with E-state index in [9.17, 15) is 9.18 Å². The van der Waals surface area contributed by atoms with Gasteiger partial charge in [0, 0.05) is 27.2 Å². The van der Waals surface area contributed by atoms with E-state index in [4.69, 9.17) is 4.74 Å². The molecule has 0 saturated carbocycles. The summed E-state index contributed by atoms with van der Waals surface area (Å²) in [6, 6.07) is -0.0450. The number of anilines is 1. The van der Waals surface area contributed by atoms with Gasteiger partial charge in [-0.25, -0.2) is 19.3 Å². The summed E-state index contributed by atoms with van der Waals surface area (Å²) in [4.78, 5) is 27.6. The van der Waals surface area contributed by atoms with Crippen LogP contribution in [0, 0.1) is 5.82 Å². The number of nitrogens with zero attached hydrogens (tertiary/aromatic N) is 6. The summed E-state index contributed by atoms with van der Waals surface area (Å²) in [5.74, 6) is 0.822. The van der Waals surface area contributed by atoms with Crippen LogP contribution in [0.2, 0.25) is 0 Å². The molecule has 2 aromatic heterocycles. The van der Waals surface area contributed by atoms with Crippen molar-refractivity contribution >= 4 is 11.9 Å². The molecule has 0 aromatic carbocycles. The maximum Gasteiger partial charge on any atom is 0.248 e. The number of halogens is 1. The van der Waals surface area contributed by atoms with Crippen molar-refractivity contribution in [2.45, 2.75) is 26.1 Å². The van der Waals surface area contributed by atoms with E-state index in [-0.39, 0.29) is 18.6 Å². The molecule has 0 spiro atoms. The highest BCUT2D eigenvalue weighted by Crippen LogP contribution is 2.28. The quantitative estimate of drug-likeness (QED) is 0.802. The molecule has 134 valence electrons. The number of carbonyl (C=O) groups excluding carboxylic acids is 1. The fourth-order valence-electron chi connectivity index (χ4n) is 2.77. The van der Waals surface area contributed by atoms with Crippen LogP contribution in [0.1, 0.15) is 24.5 Å². The molecule has 1 aliphatic heterocycles. The first-order chi connectivity index (χ1) is 12.0. The molecule has 25 heavy (non-hydrogen) atoms. The zero-order chi connectivity index (χ0) is 18.0. The lowest BCUT2D eigenvalue weighted by atomic mass is 10.2. The van der Waals surface area contributed by atoms with E-state index in [0.717, 1.165) is 23.9 Å². The zero-order valence-electron chi connectivity index (χ0n) is 14.5. The van der Waals surface area contributed by atoms with Gasteiger partial charge < -0.3 is 19.1 Å². The molecule has 8 nitrogen and oxygen atoms in total. The van der Waals surface area contributed by atoms with Gasteiger partial charge in [-0.2, -0.15) is 0 Å². The summed E-state index contributed by atoms with van der Waals surface area (Å²) < 4.78 is 20.6. The van der Waals surface area contributed by atoms with Crippen LogP contribution in [0.5, 0.6) is 0 Å². The summed E-state index contributed by atoms with van der Waals surface area (Å²) in [7, 11) is 3.39. The van der Waals surface area contributed by atoms with E-state index in [1.807, 2.05) is 11.8 Å². The van der Waals surface area contributed by atoms with Gasteiger partial charge in [0.2, 0.25) is 11.9 Å². The van der Waals surface area contributed by atoms with E-state index in [0.29, 0.717) is 25.6 Å². The van der Waals surface area contributed by atoms with E-state index in [2.05, 4.69) is 19.5 Å². The van der Waals surface area contributed by atoms with Gasteiger partial charge in [-0.05, 0) is 6.92 Å². The van der Waals surface area contributed by atoms with Crippen molar-refractivity contribution in [2.75, 3.05) is 32.1 Å². The number of rotatable bonds is 5. The second-order valence-corrected chi connectivity index (χ2v) is 6.11. The monoisotopic (exact) mass is 348 g/mol. The van der Waals surface area contributed by atoms with Gasteiger partial charge in [0.15, 0.2) is 5.82 Å². The van der Waals surface area contributed by atoms with E-state index in [1.165, 1.54) is 4.90 Å². The summed E-state index contributed by atoms with van der Waals surface area (Å²) in [6.07, 6.45) is 4.09. The average Bonchev–Trinajstić information content (AvgIpc) is 3.00. The number of ether oxygens (including phenoxy) is 1. The molecule has 3 rings (SSSR count). The van der Waals surface area contributed by atoms with Crippen molar-refractivity contribution in [3.05, 3.63) is 35.9 Å². The van der Waals surface area contributed by atoms with Crippen LogP contribution in [0.3, 0.4) is 0 Å². The normalized spacial score (nSPS) is 16.6. The Morgan fingerprint density at radius 2 is 2.00 bits per heavy atom. The Morgan fingerprint density at radius 3 is 2.68 bits per heavy atom. The summed E-state index contributed by atoms with van der Waals surface area (Å²) in [5, 5.41) is 0. The van der Waals surface area contributed by atoms with Crippen LogP contribution < -0.4 is 4.90 Å². The lowest BCUT2D eigenvalue weighted by molar-refractivity contribution is -0.134. The highest BCUT2D eigenvalue weighted by molar-refractivity contribution is 5.76. The molecule has 1 atom stereocenters. The minimum atomic E-state index is -0.457. The molecule has 0 aliphatic carbocycles. The van der Waals surface area contributed by atoms with Crippen molar-refractivity contribution in [3.63, 3.8) is 0 Å². The van der Waals surface area contributed by atoms with Crippen LogP contribution in [-0.4, -0.2) is 57.6 Å². The molecule has 0 saturated heterocycles.